The van der Waals surface area contributed by atoms with E-state index in [1.807, 2.05) is 7.05 Å². The van der Waals surface area contributed by atoms with Crippen molar-refractivity contribution >= 4 is 15.7 Å². The van der Waals surface area contributed by atoms with Gasteiger partial charge in [0.15, 0.2) is 9.84 Å². The fourth-order valence-corrected chi connectivity index (χ4v) is 2.89. The van der Waals surface area contributed by atoms with Crippen molar-refractivity contribution in [3.63, 3.8) is 0 Å². The number of nitrogens with one attached hydrogen (secondary N) is 2. The lowest BCUT2D eigenvalue weighted by molar-refractivity contribution is -0.121. The number of nitrogens with zero attached hydrogens (tertiary/aromatic N) is 1. The maximum absolute atomic E-state index is 11.8. The monoisotopic (exact) mass is 377 g/mol. The Kier molecular flexibility index (Phi) is 7.11. The first-order valence-corrected chi connectivity index (χ1v) is 10.1. The number of benzene rings is 1. The van der Waals surface area contributed by atoms with Gasteiger partial charge in [-0.2, -0.15) is 0 Å². The Morgan fingerprint density at radius 2 is 2.04 bits per heavy atom. The predicted molar refractivity (Wildman–Crippen MR) is 98.9 cm³/mol. The fraction of sp³-hybridized carbons (Fsp3) is 0.333. The van der Waals surface area contributed by atoms with Gasteiger partial charge in [-0.3, -0.25) is 4.79 Å². The largest absolute Gasteiger partial charge is 0.439 e. The molecule has 0 saturated heterocycles. The van der Waals surface area contributed by atoms with Crippen LogP contribution in [0.25, 0.3) is 0 Å². The number of carbonyl (C=O) groups excluding carboxylic acids is 1. The molecule has 0 bridgehead atoms. The third-order valence-corrected chi connectivity index (χ3v) is 4.72. The van der Waals surface area contributed by atoms with Crippen LogP contribution in [0.3, 0.4) is 0 Å². The molecule has 140 valence electrons. The van der Waals surface area contributed by atoms with E-state index < -0.39 is 9.84 Å². The van der Waals surface area contributed by atoms with Crippen LogP contribution in [0, 0.1) is 0 Å². The minimum Gasteiger partial charge on any atom is -0.439 e. The molecule has 0 fully saturated rings. The van der Waals surface area contributed by atoms with Gasteiger partial charge >= 0.3 is 0 Å². The summed E-state index contributed by atoms with van der Waals surface area (Å²) in [6.45, 7) is 1.07. The molecule has 0 aliphatic rings. The molecule has 0 spiro atoms. The topological polar surface area (TPSA) is 97.4 Å². The van der Waals surface area contributed by atoms with Crippen molar-refractivity contribution < 1.29 is 17.9 Å². The van der Waals surface area contributed by atoms with Crippen molar-refractivity contribution in [1.82, 2.24) is 15.6 Å². The quantitative estimate of drug-likeness (QED) is 0.648. The summed E-state index contributed by atoms with van der Waals surface area (Å²) in [6, 6.07) is 9.78. The normalized spacial score (nSPS) is 11.2. The molecule has 0 radical (unpaired) electrons. The van der Waals surface area contributed by atoms with Crippen molar-refractivity contribution in [2.45, 2.75) is 24.3 Å². The van der Waals surface area contributed by atoms with Crippen LogP contribution < -0.4 is 15.4 Å². The van der Waals surface area contributed by atoms with E-state index in [4.69, 9.17) is 4.74 Å². The molecule has 1 amide bonds. The summed E-state index contributed by atoms with van der Waals surface area (Å²) in [4.78, 5) is 16.2. The number of hydrogen-bond donors (Lipinski definition) is 2. The number of aromatic nitrogens is 1. The second kappa shape index (κ2) is 9.30. The van der Waals surface area contributed by atoms with Gasteiger partial charge in [0.2, 0.25) is 11.8 Å². The number of amides is 1. The van der Waals surface area contributed by atoms with Crippen LogP contribution in [0.1, 0.15) is 18.4 Å². The van der Waals surface area contributed by atoms with Crippen molar-refractivity contribution in [1.29, 1.82) is 0 Å². The zero-order valence-corrected chi connectivity index (χ0v) is 15.7. The van der Waals surface area contributed by atoms with E-state index in [1.165, 1.54) is 12.1 Å². The number of rotatable bonds is 9. The zero-order valence-electron chi connectivity index (χ0n) is 14.9. The summed E-state index contributed by atoms with van der Waals surface area (Å²) >= 11 is 0. The second-order valence-electron chi connectivity index (χ2n) is 5.80. The minimum atomic E-state index is -3.32. The molecule has 0 aliphatic carbocycles. The van der Waals surface area contributed by atoms with Gasteiger partial charge in [-0.15, -0.1) is 0 Å². The van der Waals surface area contributed by atoms with E-state index in [-0.39, 0.29) is 17.3 Å². The summed E-state index contributed by atoms with van der Waals surface area (Å²) in [5, 5.41) is 5.83. The Hall–Kier alpha value is -2.45. The third kappa shape index (κ3) is 6.12. The first-order chi connectivity index (χ1) is 12.4. The van der Waals surface area contributed by atoms with Gasteiger partial charge in [0.25, 0.3) is 0 Å². The zero-order chi connectivity index (χ0) is 19.0. The Morgan fingerprint density at radius 1 is 1.23 bits per heavy atom. The molecule has 2 aromatic rings. The number of ether oxygens (including phenoxy) is 1. The van der Waals surface area contributed by atoms with Crippen molar-refractivity contribution in [3.05, 3.63) is 48.2 Å². The Labute approximate surface area is 153 Å². The molecule has 2 rings (SSSR count). The molecule has 0 atom stereocenters. The van der Waals surface area contributed by atoms with Gasteiger partial charge in [0.05, 0.1) is 4.90 Å². The van der Waals surface area contributed by atoms with Gasteiger partial charge in [0.1, 0.15) is 5.75 Å². The average molecular weight is 377 g/mol. The summed E-state index contributed by atoms with van der Waals surface area (Å²) in [5.74, 6) is 0.649. The van der Waals surface area contributed by atoms with Crippen molar-refractivity contribution in [3.8, 4) is 11.6 Å². The molecular weight excluding hydrogens is 354 g/mol. The van der Waals surface area contributed by atoms with E-state index in [0.29, 0.717) is 23.6 Å². The van der Waals surface area contributed by atoms with Crippen LogP contribution in [0.4, 0.5) is 0 Å². The lowest BCUT2D eigenvalue weighted by Crippen LogP contribution is -2.24. The number of pyridine rings is 1. The van der Waals surface area contributed by atoms with Crippen molar-refractivity contribution in [2.75, 3.05) is 19.8 Å². The highest BCUT2D eigenvalue weighted by Gasteiger charge is 2.11. The van der Waals surface area contributed by atoms with Crippen LogP contribution in [0.2, 0.25) is 0 Å². The smallest absolute Gasteiger partial charge is 0.224 e. The average Bonchev–Trinajstić information content (AvgIpc) is 2.61. The number of hydrogen-bond acceptors (Lipinski definition) is 6. The highest BCUT2D eigenvalue weighted by molar-refractivity contribution is 7.90. The van der Waals surface area contributed by atoms with E-state index >= 15 is 0 Å². The Bertz CT molecular complexity index is 853. The lowest BCUT2D eigenvalue weighted by Gasteiger charge is -2.11. The van der Waals surface area contributed by atoms with Gasteiger partial charge in [-0.1, -0.05) is 12.1 Å². The summed E-state index contributed by atoms with van der Waals surface area (Å²) in [7, 11) is -1.48. The molecule has 0 unspecified atom stereocenters. The molecule has 7 nitrogen and oxygen atoms in total. The highest BCUT2D eigenvalue weighted by Crippen LogP contribution is 2.25. The third-order valence-electron chi connectivity index (χ3n) is 3.60. The first kappa shape index (κ1) is 19.9. The van der Waals surface area contributed by atoms with Gasteiger partial charge in [-0.25, -0.2) is 13.4 Å². The first-order valence-electron chi connectivity index (χ1n) is 8.23. The Morgan fingerprint density at radius 3 is 2.77 bits per heavy atom. The lowest BCUT2D eigenvalue weighted by atomic mass is 10.2. The Balaban J connectivity index is 2.06. The van der Waals surface area contributed by atoms with E-state index in [1.54, 1.807) is 30.5 Å². The molecular formula is C18H23N3O4S. The van der Waals surface area contributed by atoms with Gasteiger partial charge in [-0.05, 0) is 44.3 Å². The van der Waals surface area contributed by atoms with E-state index in [2.05, 4.69) is 15.6 Å². The maximum Gasteiger partial charge on any atom is 0.224 e. The molecule has 0 saturated carbocycles. The molecule has 1 heterocycles. The molecule has 8 heteroatoms. The SMILES string of the molecule is CNCCCC(=O)NCc1cccnc1Oc1cccc(S(C)(=O)=O)c1. The molecule has 2 N–H and O–H groups in total. The number of sulfone groups is 1. The van der Waals surface area contributed by atoms with Gasteiger partial charge in [0, 0.05) is 31.0 Å². The van der Waals surface area contributed by atoms with E-state index in [0.717, 1.165) is 19.2 Å². The van der Waals surface area contributed by atoms with E-state index in [9.17, 15) is 13.2 Å². The van der Waals surface area contributed by atoms with Gasteiger partial charge < -0.3 is 15.4 Å². The number of carbonyl (C=O) groups is 1. The fourth-order valence-electron chi connectivity index (χ4n) is 2.24. The van der Waals surface area contributed by atoms with Crippen LogP contribution in [-0.4, -0.2) is 39.2 Å². The predicted octanol–water partition coefficient (Wildman–Crippen LogP) is 1.89. The highest BCUT2D eigenvalue weighted by atomic mass is 32.2. The molecule has 26 heavy (non-hydrogen) atoms. The van der Waals surface area contributed by atoms with Crippen LogP contribution in [-0.2, 0) is 21.2 Å². The van der Waals surface area contributed by atoms with Crippen LogP contribution in [0.5, 0.6) is 11.6 Å². The molecule has 1 aromatic carbocycles. The second-order valence-corrected chi connectivity index (χ2v) is 7.82. The summed E-state index contributed by atoms with van der Waals surface area (Å²) in [6.07, 6.45) is 3.92. The van der Waals surface area contributed by atoms with Crippen LogP contribution >= 0.6 is 0 Å². The standard InChI is InChI=1S/C18H23N3O4S/c1-19-10-5-9-17(22)21-13-14-6-4-11-20-18(14)25-15-7-3-8-16(12-15)26(2,23)24/h3-4,6-8,11-12,19H,5,9-10,13H2,1-2H3,(H,21,22). The summed E-state index contributed by atoms with van der Waals surface area (Å²) in [5.41, 5.74) is 0.708. The molecule has 0 aliphatic heterocycles. The minimum absolute atomic E-state index is 0.0471. The maximum atomic E-state index is 11.8. The summed E-state index contributed by atoms with van der Waals surface area (Å²) < 4.78 is 29.1. The molecule has 1 aromatic heterocycles. The van der Waals surface area contributed by atoms with Crippen LogP contribution in [0.15, 0.2) is 47.5 Å². The van der Waals surface area contributed by atoms with Crippen molar-refractivity contribution in [2.24, 2.45) is 0 Å².